The van der Waals surface area contributed by atoms with Crippen molar-refractivity contribution in [2.45, 2.75) is 32.5 Å². The second kappa shape index (κ2) is 9.43. The Morgan fingerprint density at radius 2 is 2.04 bits per heavy atom. The van der Waals surface area contributed by atoms with E-state index in [-0.39, 0.29) is 12.2 Å². The van der Waals surface area contributed by atoms with Crippen LogP contribution in [-0.2, 0) is 11.2 Å². The van der Waals surface area contributed by atoms with Gasteiger partial charge in [0.2, 0.25) is 5.91 Å². The molecular formula is C20H16F3N3O2. The highest BCUT2D eigenvalue weighted by atomic mass is 19.4. The molecule has 1 aromatic carbocycles. The number of anilines is 1. The van der Waals surface area contributed by atoms with Gasteiger partial charge in [0, 0.05) is 18.4 Å². The van der Waals surface area contributed by atoms with Crippen molar-refractivity contribution < 1.29 is 22.7 Å². The minimum absolute atomic E-state index is 0.133. The van der Waals surface area contributed by atoms with E-state index in [1.165, 1.54) is 12.1 Å². The molecule has 0 fully saturated rings. The summed E-state index contributed by atoms with van der Waals surface area (Å²) in [5, 5.41) is 11.1. The highest BCUT2D eigenvalue weighted by Gasteiger charge is 2.31. The third-order valence-electron chi connectivity index (χ3n) is 3.43. The highest BCUT2D eigenvalue weighted by molar-refractivity contribution is 5.91. The number of hydrogen-bond donors (Lipinski definition) is 1. The van der Waals surface area contributed by atoms with Gasteiger partial charge in [-0.1, -0.05) is 24.0 Å². The zero-order valence-corrected chi connectivity index (χ0v) is 14.9. The van der Waals surface area contributed by atoms with Crippen molar-refractivity contribution in [3.8, 4) is 23.7 Å². The molecule has 0 bridgehead atoms. The number of carbonyl (C=O) groups excluding carboxylic acids is 1. The molecule has 2 rings (SSSR count). The van der Waals surface area contributed by atoms with Crippen LogP contribution in [0.2, 0.25) is 0 Å². The Morgan fingerprint density at radius 1 is 1.25 bits per heavy atom. The first-order valence-electron chi connectivity index (χ1n) is 8.25. The smallest absolute Gasteiger partial charge is 0.406 e. The predicted octanol–water partition coefficient (Wildman–Crippen LogP) is 4.13. The summed E-state index contributed by atoms with van der Waals surface area (Å²) in [6, 6.07) is 10.5. The van der Waals surface area contributed by atoms with E-state index in [0.717, 1.165) is 12.1 Å². The van der Waals surface area contributed by atoms with E-state index >= 15 is 0 Å². The lowest BCUT2D eigenvalue weighted by molar-refractivity contribution is -0.274. The van der Waals surface area contributed by atoms with Gasteiger partial charge in [0.25, 0.3) is 0 Å². The number of hydrogen-bond acceptors (Lipinski definition) is 4. The van der Waals surface area contributed by atoms with Gasteiger partial charge in [-0.25, -0.2) is 4.98 Å². The minimum atomic E-state index is -4.79. The SMILES string of the molecule is Cc1nc(NC(=O)Cc2cccc(OC(F)(F)F)c2)ccc1C#CCCC#N. The largest absolute Gasteiger partial charge is 0.573 e. The number of benzene rings is 1. The van der Waals surface area contributed by atoms with Crippen molar-refractivity contribution in [3.63, 3.8) is 0 Å². The van der Waals surface area contributed by atoms with E-state index < -0.39 is 12.3 Å². The zero-order valence-electron chi connectivity index (χ0n) is 14.9. The fourth-order valence-electron chi connectivity index (χ4n) is 2.26. The van der Waals surface area contributed by atoms with Gasteiger partial charge in [-0.15, -0.1) is 13.2 Å². The first-order chi connectivity index (χ1) is 13.3. The summed E-state index contributed by atoms with van der Waals surface area (Å²) < 4.78 is 40.7. The van der Waals surface area contributed by atoms with Crippen LogP contribution in [0.4, 0.5) is 19.0 Å². The Kier molecular flexibility index (Phi) is 7.00. The van der Waals surface area contributed by atoms with E-state index in [0.29, 0.717) is 35.5 Å². The molecule has 0 radical (unpaired) electrons. The number of ether oxygens (including phenoxy) is 1. The molecule has 1 heterocycles. The molecule has 1 N–H and O–H groups in total. The molecule has 1 amide bonds. The number of amides is 1. The maximum Gasteiger partial charge on any atom is 0.573 e. The van der Waals surface area contributed by atoms with E-state index in [1.807, 2.05) is 6.07 Å². The van der Waals surface area contributed by atoms with Crippen LogP contribution in [0.5, 0.6) is 5.75 Å². The lowest BCUT2D eigenvalue weighted by Crippen LogP contribution is -2.18. The number of rotatable bonds is 5. The Morgan fingerprint density at radius 3 is 2.71 bits per heavy atom. The van der Waals surface area contributed by atoms with Crippen molar-refractivity contribution in [2.24, 2.45) is 0 Å². The molecule has 0 aliphatic carbocycles. The summed E-state index contributed by atoms with van der Waals surface area (Å²) in [5.41, 5.74) is 1.67. The van der Waals surface area contributed by atoms with Crippen LogP contribution in [0.15, 0.2) is 36.4 Å². The topological polar surface area (TPSA) is 75.0 Å². The summed E-state index contributed by atoms with van der Waals surface area (Å²) >= 11 is 0. The van der Waals surface area contributed by atoms with Gasteiger partial charge in [-0.05, 0) is 36.8 Å². The maximum atomic E-state index is 12.3. The summed E-state index contributed by atoms with van der Waals surface area (Å²) in [6.45, 7) is 1.74. The number of nitrogens with zero attached hydrogens (tertiary/aromatic N) is 2. The third kappa shape index (κ3) is 7.00. The molecule has 0 unspecified atom stereocenters. The van der Waals surface area contributed by atoms with Crippen LogP contribution in [-0.4, -0.2) is 17.3 Å². The average molecular weight is 387 g/mol. The van der Waals surface area contributed by atoms with E-state index in [1.54, 1.807) is 19.1 Å². The Bertz CT molecular complexity index is 954. The van der Waals surface area contributed by atoms with Gasteiger partial charge in [-0.3, -0.25) is 4.79 Å². The fraction of sp³-hybridized carbons (Fsp3) is 0.250. The highest BCUT2D eigenvalue weighted by Crippen LogP contribution is 2.23. The summed E-state index contributed by atoms with van der Waals surface area (Å²) in [5.74, 6) is 5.28. The van der Waals surface area contributed by atoms with Gasteiger partial charge in [-0.2, -0.15) is 5.26 Å². The Labute approximate surface area is 160 Å². The number of unbranched alkanes of at least 4 members (excludes halogenated alkanes) is 1. The molecule has 0 spiro atoms. The summed E-state index contributed by atoms with van der Waals surface area (Å²) in [4.78, 5) is 16.4. The van der Waals surface area contributed by atoms with Gasteiger partial charge < -0.3 is 10.1 Å². The van der Waals surface area contributed by atoms with Crippen LogP contribution in [0.1, 0.15) is 29.7 Å². The molecule has 0 saturated heterocycles. The number of pyridine rings is 1. The normalized spacial score (nSPS) is 10.4. The fourth-order valence-corrected chi connectivity index (χ4v) is 2.26. The molecule has 0 atom stereocenters. The van der Waals surface area contributed by atoms with Gasteiger partial charge in [0.05, 0.1) is 18.2 Å². The zero-order chi connectivity index (χ0) is 20.6. The molecule has 0 saturated carbocycles. The second-order valence-electron chi connectivity index (χ2n) is 5.71. The van der Waals surface area contributed by atoms with Crippen LogP contribution < -0.4 is 10.1 Å². The second-order valence-corrected chi connectivity index (χ2v) is 5.71. The van der Waals surface area contributed by atoms with E-state index in [2.05, 4.69) is 26.9 Å². The molecule has 2 aromatic rings. The van der Waals surface area contributed by atoms with Crippen LogP contribution >= 0.6 is 0 Å². The Balaban J connectivity index is 1.99. The quantitative estimate of drug-likeness (QED) is 0.619. The van der Waals surface area contributed by atoms with Crippen molar-refractivity contribution in [2.75, 3.05) is 5.32 Å². The molecule has 5 nitrogen and oxygen atoms in total. The van der Waals surface area contributed by atoms with Gasteiger partial charge in [0.15, 0.2) is 0 Å². The number of aryl methyl sites for hydroxylation is 1. The molecule has 8 heteroatoms. The maximum absolute atomic E-state index is 12.3. The summed E-state index contributed by atoms with van der Waals surface area (Å²) in [6.07, 6.45) is -4.11. The number of nitriles is 1. The van der Waals surface area contributed by atoms with Crippen molar-refractivity contribution >= 4 is 11.7 Å². The van der Waals surface area contributed by atoms with Crippen LogP contribution in [0, 0.1) is 30.1 Å². The first-order valence-corrected chi connectivity index (χ1v) is 8.25. The molecule has 0 aliphatic heterocycles. The number of halogens is 3. The standard InChI is InChI=1S/C20H16F3N3O2/c1-14-16(7-3-2-4-11-24)9-10-18(25-14)26-19(27)13-15-6-5-8-17(12-15)28-20(21,22)23/h5-6,8-10,12H,2,4,13H2,1H3,(H,25,26,27). The number of aromatic nitrogens is 1. The Hall–Kier alpha value is -3.52. The van der Waals surface area contributed by atoms with Crippen molar-refractivity contribution in [3.05, 3.63) is 53.2 Å². The number of carbonyl (C=O) groups is 1. The lowest BCUT2D eigenvalue weighted by Gasteiger charge is -2.10. The van der Waals surface area contributed by atoms with Gasteiger partial charge in [0.1, 0.15) is 11.6 Å². The van der Waals surface area contributed by atoms with Crippen molar-refractivity contribution in [1.82, 2.24) is 4.98 Å². The minimum Gasteiger partial charge on any atom is -0.406 e. The first kappa shape index (κ1) is 20.8. The molecular weight excluding hydrogens is 371 g/mol. The van der Waals surface area contributed by atoms with E-state index in [9.17, 15) is 18.0 Å². The number of nitrogens with one attached hydrogen (secondary N) is 1. The third-order valence-corrected chi connectivity index (χ3v) is 3.43. The molecule has 0 aliphatic rings. The molecule has 144 valence electrons. The lowest BCUT2D eigenvalue weighted by atomic mass is 10.1. The van der Waals surface area contributed by atoms with Crippen molar-refractivity contribution in [1.29, 1.82) is 5.26 Å². The average Bonchev–Trinajstić information content (AvgIpc) is 2.59. The van der Waals surface area contributed by atoms with Gasteiger partial charge >= 0.3 is 6.36 Å². The molecule has 1 aromatic heterocycles. The molecule has 28 heavy (non-hydrogen) atoms. The van der Waals surface area contributed by atoms with Crippen LogP contribution in [0.3, 0.4) is 0 Å². The number of alkyl halides is 3. The predicted molar refractivity (Wildman–Crippen MR) is 96.2 cm³/mol. The summed E-state index contributed by atoms with van der Waals surface area (Å²) in [7, 11) is 0. The van der Waals surface area contributed by atoms with E-state index in [4.69, 9.17) is 5.26 Å². The monoisotopic (exact) mass is 387 g/mol. The van der Waals surface area contributed by atoms with Crippen LogP contribution in [0.25, 0.3) is 0 Å².